The molecule has 186 valence electrons. The Hall–Kier alpha value is -3.90. The van der Waals surface area contributed by atoms with Gasteiger partial charge in [-0.3, -0.25) is 0 Å². The summed E-state index contributed by atoms with van der Waals surface area (Å²) in [5, 5.41) is 2.78. The molecular formula is C38H34. The molecule has 0 aliphatic heterocycles. The molecule has 0 fully saturated rings. The smallest absolute Gasteiger partial charge is 0.0128 e. The molecule has 0 nitrogen and oxygen atoms in total. The SMILES string of the molecule is C1=CC=C(C2=CC3=C(C=CCC3)C3C=CC=CC23)C2C=CC=CC2C(C2=c3ccccc3=CCC2)=CC=C1. The number of hydrogen-bond donors (Lipinski definition) is 0. The van der Waals surface area contributed by atoms with Gasteiger partial charge in [0.2, 0.25) is 0 Å². The Morgan fingerprint density at radius 2 is 1.26 bits per heavy atom. The van der Waals surface area contributed by atoms with E-state index in [4.69, 9.17) is 0 Å². The van der Waals surface area contributed by atoms with Crippen LogP contribution in [0.15, 0.2) is 155 Å². The molecule has 0 heteroatoms. The van der Waals surface area contributed by atoms with Gasteiger partial charge in [0, 0.05) is 23.7 Å². The second-order valence-electron chi connectivity index (χ2n) is 11.0. The Labute approximate surface area is 226 Å². The summed E-state index contributed by atoms with van der Waals surface area (Å²) in [4.78, 5) is 0. The van der Waals surface area contributed by atoms with E-state index >= 15 is 0 Å². The van der Waals surface area contributed by atoms with Crippen LogP contribution in [0.25, 0.3) is 11.6 Å². The molecule has 6 aliphatic carbocycles. The number of rotatable bonds is 2. The first-order chi connectivity index (χ1) is 18.9. The van der Waals surface area contributed by atoms with E-state index in [1.165, 1.54) is 43.9 Å². The third kappa shape index (κ3) is 4.09. The quantitative estimate of drug-likeness (QED) is 0.399. The molecule has 4 unspecified atom stereocenters. The van der Waals surface area contributed by atoms with Gasteiger partial charge in [0.15, 0.2) is 0 Å². The maximum atomic E-state index is 2.55. The maximum absolute atomic E-state index is 2.55. The van der Waals surface area contributed by atoms with Crippen LogP contribution >= 0.6 is 0 Å². The van der Waals surface area contributed by atoms with Crippen LogP contribution in [-0.2, 0) is 0 Å². The Kier molecular flexibility index (Phi) is 6.18. The Balaban J connectivity index is 1.40. The standard InChI is InChI=1S/C38H34/c1-2-4-20-37(38-26-28-15-6-8-18-30(28)31-21-9-12-24-36(31)38)35-23-11-10-22-34(35)33(19-3-1)32-25-13-16-27-14-5-7-17-29(27)32/h1-5,7-12,14,16-24,26,31,34-36H,6,13,15,25H2. The van der Waals surface area contributed by atoms with Crippen LogP contribution in [0.1, 0.15) is 25.7 Å². The van der Waals surface area contributed by atoms with Crippen molar-refractivity contribution in [2.75, 3.05) is 0 Å². The van der Waals surface area contributed by atoms with E-state index in [2.05, 4.69) is 134 Å². The molecule has 38 heavy (non-hydrogen) atoms. The van der Waals surface area contributed by atoms with Crippen molar-refractivity contribution >= 4 is 11.6 Å². The largest absolute Gasteiger partial charge is 0.0839 e. The van der Waals surface area contributed by atoms with Crippen molar-refractivity contribution < 1.29 is 0 Å². The second-order valence-corrected chi connectivity index (χ2v) is 11.0. The lowest BCUT2D eigenvalue weighted by Gasteiger charge is -2.39. The van der Waals surface area contributed by atoms with Gasteiger partial charge in [-0.2, -0.15) is 0 Å². The van der Waals surface area contributed by atoms with Crippen LogP contribution < -0.4 is 10.4 Å². The minimum atomic E-state index is 0.292. The molecule has 0 radical (unpaired) electrons. The fourth-order valence-electron chi connectivity index (χ4n) is 7.16. The Morgan fingerprint density at radius 3 is 2.08 bits per heavy atom. The minimum Gasteiger partial charge on any atom is -0.0839 e. The van der Waals surface area contributed by atoms with Crippen molar-refractivity contribution in [2.45, 2.75) is 25.7 Å². The predicted molar refractivity (Wildman–Crippen MR) is 161 cm³/mol. The summed E-state index contributed by atoms with van der Waals surface area (Å²) in [6.07, 6.45) is 46.6. The first kappa shape index (κ1) is 23.2. The number of benzene rings is 1. The highest BCUT2D eigenvalue weighted by Gasteiger charge is 2.36. The monoisotopic (exact) mass is 490 g/mol. The molecule has 1 aromatic rings. The summed E-state index contributed by atoms with van der Waals surface area (Å²) in [6.45, 7) is 0. The Morgan fingerprint density at radius 1 is 0.579 bits per heavy atom. The summed E-state index contributed by atoms with van der Waals surface area (Å²) in [7, 11) is 0. The van der Waals surface area contributed by atoms with Crippen molar-refractivity contribution in [3.05, 3.63) is 166 Å². The van der Waals surface area contributed by atoms with Crippen molar-refractivity contribution in [3.63, 3.8) is 0 Å². The highest BCUT2D eigenvalue weighted by Crippen LogP contribution is 2.48. The molecule has 7 rings (SSSR count). The molecule has 0 spiro atoms. The summed E-state index contributed by atoms with van der Waals surface area (Å²) >= 11 is 0. The van der Waals surface area contributed by atoms with E-state index in [0.29, 0.717) is 23.7 Å². The van der Waals surface area contributed by atoms with Gasteiger partial charge in [-0.05, 0) is 69.6 Å². The van der Waals surface area contributed by atoms with Crippen molar-refractivity contribution in [3.8, 4) is 0 Å². The van der Waals surface area contributed by atoms with E-state index in [-0.39, 0.29) is 0 Å². The first-order valence-electron chi connectivity index (χ1n) is 14.2. The normalized spacial score (nSPS) is 28.9. The minimum absolute atomic E-state index is 0.292. The van der Waals surface area contributed by atoms with Gasteiger partial charge >= 0.3 is 0 Å². The molecular weight excluding hydrogens is 456 g/mol. The molecule has 0 heterocycles. The molecule has 0 saturated heterocycles. The van der Waals surface area contributed by atoms with E-state index in [0.717, 1.165) is 25.7 Å². The van der Waals surface area contributed by atoms with Crippen LogP contribution in [0.2, 0.25) is 0 Å². The zero-order valence-corrected chi connectivity index (χ0v) is 21.8. The summed E-state index contributed by atoms with van der Waals surface area (Å²) in [5.41, 5.74) is 8.97. The predicted octanol–water partition coefficient (Wildman–Crippen LogP) is 7.69. The lowest BCUT2D eigenvalue weighted by molar-refractivity contribution is 0.553. The van der Waals surface area contributed by atoms with Crippen LogP contribution in [0.5, 0.6) is 0 Å². The van der Waals surface area contributed by atoms with E-state index < -0.39 is 0 Å². The Bertz CT molecular complexity index is 1610. The van der Waals surface area contributed by atoms with Gasteiger partial charge in [0.05, 0.1) is 0 Å². The van der Waals surface area contributed by atoms with E-state index in [9.17, 15) is 0 Å². The van der Waals surface area contributed by atoms with Gasteiger partial charge in [0.1, 0.15) is 0 Å². The van der Waals surface area contributed by atoms with E-state index in [1.54, 1.807) is 0 Å². The molecule has 0 aromatic heterocycles. The topological polar surface area (TPSA) is 0 Å². The van der Waals surface area contributed by atoms with Crippen molar-refractivity contribution in [1.29, 1.82) is 0 Å². The molecule has 6 aliphatic rings. The second kappa shape index (κ2) is 10.1. The first-order valence-corrected chi connectivity index (χ1v) is 14.2. The molecule has 1 aromatic carbocycles. The number of allylic oxidation sites excluding steroid dienone is 22. The molecule has 0 saturated carbocycles. The summed E-state index contributed by atoms with van der Waals surface area (Å²) < 4.78 is 0. The average molecular weight is 491 g/mol. The molecule has 0 N–H and O–H groups in total. The van der Waals surface area contributed by atoms with E-state index in [1.807, 2.05) is 0 Å². The highest BCUT2D eigenvalue weighted by atomic mass is 14.4. The molecule has 0 amide bonds. The molecule has 4 atom stereocenters. The number of fused-ring (bicyclic) bond motifs is 4. The summed E-state index contributed by atoms with van der Waals surface area (Å²) in [6, 6.07) is 8.94. The van der Waals surface area contributed by atoms with Crippen LogP contribution in [-0.4, -0.2) is 0 Å². The van der Waals surface area contributed by atoms with Crippen molar-refractivity contribution in [1.82, 2.24) is 0 Å². The van der Waals surface area contributed by atoms with Crippen molar-refractivity contribution in [2.24, 2.45) is 23.7 Å². The van der Waals surface area contributed by atoms with Crippen LogP contribution in [0.3, 0.4) is 0 Å². The fraction of sp³-hybridized carbons (Fsp3) is 0.211. The molecule has 0 bridgehead atoms. The lowest BCUT2D eigenvalue weighted by Crippen LogP contribution is -2.32. The van der Waals surface area contributed by atoms with Gasteiger partial charge in [-0.15, -0.1) is 0 Å². The lowest BCUT2D eigenvalue weighted by atomic mass is 9.65. The van der Waals surface area contributed by atoms with Crippen LogP contribution in [0, 0.1) is 23.7 Å². The third-order valence-electron chi connectivity index (χ3n) is 8.90. The average Bonchev–Trinajstić information content (AvgIpc) is 2.99. The van der Waals surface area contributed by atoms with Gasteiger partial charge < -0.3 is 0 Å². The summed E-state index contributed by atoms with van der Waals surface area (Å²) in [5.74, 6) is 1.40. The number of hydrogen-bond acceptors (Lipinski definition) is 0. The van der Waals surface area contributed by atoms with Gasteiger partial charge in [-0.25, -0.2) is 0 Å². The van der Waals surface area contributed by atoms with Crippen LogP contribution in [0.4, 0.5) is 0 Å². The highest BCUT2D eigenvalue weighted by molar-refractivity contribution is 5.70. The maximum Gasteiger partial charge on any atom is 0.0128 e. The van der Waals surface area contributed by atoms with Gasteiger partial charge in [-0.1, -0.05) is 134 Å². The van der Waals surface area contributed by atoms with Gasteiger partial charge in [0.25, 0.3) is 0 Å². The third-order valence-corrected chi connectivity index (χ3v) is 8.90. The fourth-order valence-corrected chi connectivity index (χ4v) is 7.16. The zero-order valence-electron chi connectivity index (χ0n) is 21.8. The zero-order chi connectivity index (χ0) is 25.3.